The lowest BCUT2D eigenvalue weighted by Gasteiger charge is -2.19. The van der Waals surface area contributed by atoms with Crippen LogP contribution in [0, 0.1) is 0 Å². The third-order valence-electron chi connectivity index (χ3n) is 3.45. The van der Waals surface area contributed by atoms with Crippen molar-refractivity contribution < 1.29 is 0 Å². The fourth-order valence-electron chi connectivity index (χ4n) is 2.58. The largest absolute Gasteiger partial charge is 0.306 e. The minimum absolute atomic E-state index is 0.0994. The molecule has 21 heavy (non-hydrogen) atoms. The SMILES string of the molecule is CCNC(c1cc(Cl)cc(Cl)c1)c1csc2ccccc12. The zero-order valence-electron chi connectivity index (χ0n) is 11.6. The second-order valence-electron chi connectivity index (χ2n) is 4.88. The maximum absolute atomic E-state index is 6.16. The number of fused-ring (bicyclic) bond motifs is 1. The number of benzene rings is 2. The molecule has 0 fully saturated rings. The highest BCUT2D eigenvalue weighted by atomic mass is 35.5. The number of thiophene rings is 1. The topological polar surface area (TPSA) is 12.0 Å². The molecule has 1 atom stereocenters. The van der Waals surface area contributed by atoms with Crippen molar-refractivity contribution in [1.82, 2.24) is 5.32 Å². The standard InChI is InChI=1S/C17H15Cl2NS/c1-2-20-17(11-7-12(18)9-13(19)8-11)15-10-21-16-6-4-3-5-14(15)16/h3-10,17,20H,2H2,1H3. The summed E-state index contributed by atoms with van der Waals surface area (Å²) in [6.45, 7) is 2.98. The Hall–Kier alpha value is -1.06. The summed E-state index contributed by atoms with van der Waals surface area (Å²) in [5, 5.41) is 8.37. The van der Waals surface area contributed by atoms with Gasteiger partial charge >= 0.3 is 0 Å². The summed E-state index contributed by atoms with van der Waals surface area (Å²) in [5.74, 6) is 0. The first-order chi connectivity index (χ1) is 10.2. The lowest BCUT2D eigenvalue weighted by molar-refractivity contribution is 0.636. The quantitative estimate of drug-likeness (QED) is 0.625. The maximum atomic E-state index is 6.16. The molecule has 1 heterocycles. The molecule has 4 heteroatoms. The van der Waals surface area contributed by atoms with E-state index in [2.05, 4.69) is 41.9 Å². The third kappa shape index (κ3) is 3.09. The van der Waals surface area contributed by atoms with Crippen LogP contribution < -0.4 is 5.32 Å². The average Bonchev–Trinajstić information content (AvgIpc) is 2.87. The van der Waals surface area contributed by atoms with E-state index in [9.17, 15) is 0 Å². The van der Waals surface area contributed by atoms with Gasteiger partial charge in [0, 0.05) is 14.7 Å². The second kappa shape index (κ2) is 6.37. The molecular weight excluding hydrogens is 321 g/mol. The molecule has 0 aliphatic rings. The summed E-state index contributed by atoms with van der Waals surface area (Å²) in [5.41, 5.74) is 2.37. The Kier molecular flexibility index (Phi) is 4.51. The van der Waals surface area contributed by atoms with E-state index in [4.69, 9.17) is 23.2 Å². The Bertz CT molecular complexity index is 746. The molecule has 1 unspecified atom stereocenters. The van der Waals surface area contributed by atoms with Crippen LogP contribution in [0.25, 0.3) is 10.1 Å². The van der Waals surface area contributed by atoms with Crippen LogP contribution in [0.3, 0.4) is 0 Å². The summed E-state index contributed by atoms with van der Waals surface area (Å²) in [7, 11) is 0. The van der Waals surface area contributed by atoms with Gasteiger partial charge in [-0.2, -0.15) is 0 Å². The fraction of sp³-hybridized carbons (Fsp3) is 0.176. The molecule has 1 aromatic heterocycles. The van der Waals surface area contributed by atoms with Gasteiger partial charge in [0.25, 0.3) is 0 Å². The fourth-order valence-corrected chi connectivity index (χ4v) is 4.11. The second-order valence-corrected chi connectivity index (χ2v) is 6.66. The van der Waals surface area contributed by atoms with E-state index in [0.29, 0.717) is 10.0 Å². The zero-order valence-corrected chi connectivity index (χ0v) is 13.9. The van der Waals surface area contributed by atoms with Gasteiger partial charge in [-0.25, -0.2) is 0 Å². The zero-order chi connectivity index (χ0) is 14.8. The number of halogens is 2. The predicted molar refractivity (Wildman–Crippen MR) is 93.8 cm³/mol. The molecule has 0 amide bonds. The summed E-state index contributed by atoms with van der Waals surface area (Å²) in [6, 6.07) is 14.3. The highest BCUT2D eigenvalue weighted by Gasteiger charge is 2.18. The number of rotatable bonds is 4. The van der Waals surface area contributed by atoms with E-state index >= 15 is 0 Å². The molecule has 0 aliphatic heterocycles. The van der Waals surface area contributed by atoms with Gasteiger partial charge in [0.15, 0.2) is 0 Å². The summed E-state index contributed by atoms with van der Waals surface area (Å²) in [4.78, 5) is 0. The molecule has 1 nitrogen and oxygen atoms in total. The van der Waals surface area contributed by atoms with Crippen molar-refractivity contribution in [2.75, 3.05) is 6.54 Å². The monoisotopic (exact) mass is 335 g/mol. The number of nitrogens with one attached hydrogen (secondary N) is 1. The third-order valence-corrected chi connectivity index (χ3v) is 4.87. The molecule has 3 rings (SSSR count). The molecular formula is C17H15Cl2NS. The molecule has 0 spiro atoms. The lowest BCUT2D eigenvalue weighted by Crippen LogP contribution is -2.21. The normalized spacial score (nSPS) is 12.7. The van der Waals surface area contributed by atoms with Gasteiger partial charge in [-0.3, -0.25) is 0 Å². The first-order valence-electron chi connectivity index (χ1n) is 6.84. The molecule has 0 aliphatic carbocycles. The van der Waals surface area contributed by atoms with Crippen molar-refractivity contribution in [3.8, 4) is 0 Å². The van der Waals surface area contributed by atoms with Gasteiger partial charge in [0.2, 0.25) is 0 Å². The summed E-state index contributed by atoms with van der Waals surface area (Å²) < 4.78 is 1.29. The van der Waals surface area contributed by atoms with Crippen LogP contribution in [0.4, 0.5) is 0 Å². The van der Waals surface area contributed by atoms with E-state index < -0.39 is 0 Å². The molecule has 0 saturated heterocycles. The van der Waals surface area contributed by atoms with Gasteiger partial charge in [-0.1, -0.05) is 48.3 Å². The maximum Gasteiger partial charge on any atom is 0.0592 e. The Morgan fingerprint density at radius 2 is 1.81 bits per heavy atom. The number of hydrogen-bond donors (Lipinski definition) is 1. The molecule has 0 saturated carbocycles. The molecule has 2 aromatic carbocycles. The van der Waals surface area contributed by atoms with E-state index in [1.165, 1.54) is 15.6 Å². The summed E-state index contributed by atoms with van der Waals surface area (Å²) in [6.07, 6.45) is 0. The van der Waals surface area contributed by atoms with Gasteiger partial charge in [-0.05, 0) is 52.7 Å². The van der Waals surface area contributed by atoms with Crippen molar-refractivity contribution in [2.24, 2.45) is 0 Å². The van der Waals surface area contributed by atoms with Gasteiger partial charge in [0.05, 0.1) is 6.04 Å². The van der Waals surface area contributed by atoms with Crippen LogP contribution in [-0.2, 0) is 0 Å². The van der Waals surface area contributed by atoms with Crippen LogP contribution in [0.15, 0.2) is 47.8 Å². The smallest absolute Gasteiger partial charge is 0.0592 e. The lowest BCUT2D eigenvalue weighted by atomic mass is 9.98. The van der Waals surface area contributed by atoms with Gasteiger partial charge in [0.1, 0.15) is 0 Å². The first kappa shape index (κ1) is 14.9. The first-order valence-corrected chi connectivity index (χ1v) is 8.48. The van der Waals surface area contributed by atoms with Crippen LogP contribution >= 0.6 is 34.5 Å². The highest BCUT2D eigenvalue weighted by molar-refractivity contribution is 7.17. The predicted octanol–water partition coefficient (Wildman–Crippen LogP) is 5.91. The Morgan fingerprint density at radius 1 is 1.10 bits per heavy atom. The average molecular weight is 336 g/mol. The highest BCUT2D eigenvalue weighted by Crippen LogP contribution is 2.35. The van der Waals surface area contributed by atoms with Gasteiger partial charge < -0.3 is 5.32 Å². The molecule has 108 valence electrons. The molecule has 3 aromatic rings. The Balaban J connectivity index is 2.13. The van der Waals surface area contributed by atoms with E-state index in [1.807, 2.05) is 12.1 Å². The Morgan fingerprint density at radius 3 is 2.52 bits per heavy atom. The van der Waals surface area contributed by atoms with Crippen molar-refractivity contribution in [3.63, 3.8) is 0 Å². The number of hydrogen-bond acceptors (Lipinski definition) is 2. The van der Waals surface area contributed by atoms with E-state index in [-0.39, 0.29) is 6.04 Å². The van der Waals surface area contributed by atoms with E-state index in [1.54, 1.807) is 17.4 Å². The molecule has 1 N–H and O–H groups in total. The Labute approximate surface area is 138 Å². The molecule has 0 bridgehead atoms. The molecule has 0 radical (unpaired) electrons. The summed E-state index contributed by atoms with van der Waals surface area (Å²) >= 11 is 14.1. The van der Waals surface area contributed by atoms with Crippen LogP contribution in [-0.4, -0.2) is 6.54 Å². The van der Waals surface area contributed by atoms with Crippen molar-refractivity contribution in [1.29, 1.82) is 0 Å². The van der Waals surface area contributed by atoms with Crippen molar-refractivity contribution in [3.05, 3.63) is 69.0 Å². The van der Waals surface area contributed by atoms with E-state index in [0.717, 1.165) is 12.1 Å². The van der Waals surface area contributed by atoms with Crippen LogP contribution in [0.1, 0.15) is 24.1 Å². The van der Waals surface area contributed by atoms with Gasteiger partial charge in [-0.15, -0.1) is 11.3 Å². The minimum atomic E-state index is 0.0994. The van der Waals surface area contributed by atoms with Crippen molar-refractivity contribution >= 4 is 44.6 Å². The minimum Gasteiger partial charge on any atom is -0.306 e. The van der Waals surface area contributed by atoms with Crippen molar-refractivity contribution in [2.45, 2.75) is 13.0 Å². The van der Waals surface area contributed by atoms with Crippen LogP contribution in [0.5, 0.6) is 0 Å². The van der Waals surface area contributed by atoms with Crippen LogP contribution in [0.2, 0.25) is 10.0 Å².